The summed E-state index contributed by atoms with van der Waals surface area (Å²) in [6.45, 7) is 3.69. The average molecular weight is 386 g/mol. The summed E-state index contributed by atoms with van der Waals surface area (Å²) in [6, 6.07) is 7.50. The minimum absolute atomic E-state index is 0.729. The molecule has 0 aliphatic heterocycles. The Labute approximate surface area is 102 Å². The summed E-state index contributed by atoms with van der Waals surface area (Å²) in [6.07, 6.45) is 0. The second-order valence-corrected chi connectivity index (χ2v) is 27.9. The van der Waals surface area contributed by atoms with Gasteiger partial charge in [-0.25, -0.2) is 0 Å². The second-order valence-electron chi connectivity index (χ2n) is 2.02. The molecule has 0 aliphatic carbocycles. The molecule has 0 fully saturated rings. The molecular weight excluding hydrogens is 380 g/mol. The molecule has 0 aliphatic rings. The summed E-state index contributed by atoms with van der Waals surface area (Å²) in [7, 11) is 20.1. The van der Waals surface area contributed by atoms with Crippen LogP contribution < -0.4 is 0 Å². The number of hydrogen-bond donors (Lipinski definition) is 0. The van der Waals surface area contributed by atoms with Crippen LogP contribution in [0.3, 0.4) is 0 Å². The Kier molecular flexibility index (Phi) is 7.64. The van der Waals surface area contributed by atoms with Crippen molar-refractivity contribution in [1.82, 2.24) is 0 Å². The molecule has 0 N–H and O–H groups in total. The average Bonchev–Trinajstić information content (AvgIpc) is 1.92. The van der Waals surface area contributed by atoms with E-state index in [1.807, 2.05) is 24.3 Å². The molecule has 0 unspecified atom stereocenters. The molecule has 0 saturated carbocycles. The van der Waals surface area contributed by atoms with Crippen molar-refractivity contribution in [3.63, 3.8) is 0 Å². The number of hydrogen-bond acceptors (Lipinski definition) is 0. The number of benzene rings is 1. The first-order chi connectivity index (χ1) is 5.80. The van der Waals surface area contributed by atoms with Gasteiger partial charge in [-0.05, 0) is 18.6 Å². The summed E-state index contributed by atoms with van der Waals surface area (Å²) in [5.74, 6) is 0. The van der Waals surface area contributed by atoms with E-state index in [9.17, 15) is 0 Å². The molecular formula is C7H6Cl5Sn. The van der Waals surface area contributed by atoms with Gasteiger partial charge >= 0.3 is 49.6 Å². The van der Waals surface area contributed by atoms with E-state index in [1.165, 1.54) is 0 Å². The van der Waals surface area contributed by atoms with Gasteiger partial charge < -0.3 is 0 Å². The normalized spacial score (nSPS) is 10.3. The van der Waals surface area contributed by atoms with E-state index < -0.39 is 13.9 Å². The zero-order valence-electron chi connectivity index (χ0n) is 6.41. The molecule has 0 bridgehead atoms. The first-order valence-electron chi connectivity index (χ1n) is 3.13. The van der Waals surface area contributed by atoms with Gasteiger partial charge in [0.2, 0.25) is 0 Å². The van der Waals surface area contributed by atoms with Crippen molar-refractivity contribution in [1.29, 1.82) is 0 Å². The molecule has 0 spiro atoms. The molecule has 0 atom stereocenters. The van der Waals surface area contributed by atoms with Crippen LogP contribution in [0.1, 0.15) is 5.56 Å². The van der Waals surface area contributed by atoms with Gasteiger partial charge in [-0.1, -0.05) is 29.8 Å². The van der Waals surface area contributed by atoms with Gasteiger partial charge in [-0.2, -0.15) is 0 Å². The van der Waals surface area contributed by atoms with Crippen molar-refractivity contribution in [2.45, 2.75) is 0 Å². The van der Waals surface area contributed by atoms with Crippen molar-refractivity contribution >= 4 is 61.2 Å². The van der Waals surface area contributed by atoms with Gasteiger partial charge in [0, 0.05) is 5.02 Å². The molecule has 1 aromatic rings. The van der Waals surface area contributed by atoms with Gasteiger partial charge in [0.25, 0.3) is 0 Å². The van der Waals surface area contributed by atoms with E-state index >= 15 is 0 Å². The zero-order chi connectivity index (χ0) is 10.5. The maximum absolute atomic E-state index is 5.65. The van der Waals surface area contributed by atoms with Crippen LogP contribution in [0.2, 0.25) is 5.02 Å². The number of halogens is 5. The van der Waals surface area contributed by atoms with E-state index in [4.69, 9.17) is 47.3 Å². The van der Waals surface area contributed by atoms with Crippen LogP contribution in [0.15, 0.2) is 24.3 Å². The van der Waals surface area contributed by atoms with Crippen LogP contribution in [0.25, 0.3) is 0 Å². The van der Waals surface area contributed by atoms with Crippen LogP contribution in [-0.2, 0) is 0 Å². The van der Waals surface area contributed by atoms with Crippen molar-refractivity contribution < 1.29 is 0 Å². The summed E-state index contributed by atoms with van der Waals surface area (Å²) in [5, 5.41) is 0.729. The Balaban J connectivity index is 0.000000252. The van der Waals surface area contributed by atoms with Gasteiger partial charge in [-0.3, -0.25) is 0 Å². The predicted molar refractivity (Wildman–Crippen MR) is 65.1 cm³/mol. The monoisotopic (exact) mass is 385 g/mol. The molecule has 0 saturated heterocycles. The first kappa shape index (κ1) is 14.5. The summed E-state index contributed by atoms with van der Waals surface area (Å²) >= 11 is 2.36. The second kappa shape index (κ2) is 6.86. The van der Waals surface area contributed by atoms with Gasteiger partial charge in [0.05, 0.1) is 0 Å². The fourth-order valence-electron chi connectivity index (χ4n) is 0.498. The van der Waals surface area contributed by atoms with E-state index in [-0.39, 0.29) is 0 Å². The molecule has 0 heterocycles. The predicted octanol–water partition coefficient (Wildman–Crippen LogP) is 4.90. The SMILES string of the molecule is [CH2]c1ccccc1Cl.[Cl][Sn]([Cl])([Cl])[Cl]. The molecule has 1 rings (SSSR count). The maximum atomic E-state index is 5.65. The molecule has 0 aromatic heterocycles. The third-order valence-corrected chi connectivity index (χ3v) is 1.33. The Bertz CT molecular complexity index is 230. The molecule has 73 valence electrons. The van der Waals surface area contributed by atoms with Crippen LogP contribution >= 0.6 is 47.3 Å². The Hall–Kier alpha value is 1.47. The third-order valence-electron chi connectivity index (χ3n) is 0.958. The molecule has 1 radical (unpaired) electrons. The summed E-state index contributed by atoms with van der Waals surface area (Å²) < 4.78 is 0. The molecule has 13 heavy (non-hydrogen) atoms. The topological polar surface area (TPSA) is 0 Å². The number of rotatable bonds is 0. The van der Waals surface area contributed by atoms with Crippen LogP contribution in [-0.4, -0.2) is 13.9 Å². The van der Waals surface area contributed by atoms with Gasteiger partial charge in [0.15, 0.2) is 0 Å². The Morgan fingerprint density at radius 2 is 1.38 bits per heavy atom. The molecule has 0 nitrogen and oxygen atoms in total. The van der Waals surface area contributed by atoms with Crippen LogP contribution in [0.5, 0.6) is 0 Å². The van der Waals surface area contributed by atoms with Crippen molar-refractivity contribution in [2.75, 3.05) is 0 Å². The van der Waals surface area contributed by atoms with Crippen molar-refractivity contribution in [3.05, 3.63) is 41.8 Å². The fourth-order valence-corrected chi connectivity index (χ4v) is 0.634. The van der Waals surface area contributed by atoms with E-state index in [2.05, 4.69) is 6.92 Å². The van der Waals surface area contributed by atoms with Crippen LogP contribution in [0, 0.1) is 6.92 Å². The Morgan fingerprint density at radius 1 is 1.00 bits per heavy atom. The van der Waals surface area contributed by atoms with E-state index in [1.54, 1.807) is 0 Å². The molecule has 6 heteroatoms. The summed E-state index contributed by atoms with van der Waals surface area (Å²) in [4.78, 5) is 0. The molecule has 1 aromatic carbocycles. The fraction of sp³-hybridized carbons (Fsp3) is 0. The van der Waals surface area contributed by atoms with Crippen molar-refractivity contribution in [2.24, 2.45) is 0 Å². The molecule has 0 amide bonds. The third kappa shape index (κ3) is 11.4. The van der Waals surface area contributed by atoms with E-state index in [0.29, 0.717) is 0 Å². The quantitative estimate of drug-likeness (QED) is 0.557. The Morgan fingerprint density at radius 3 is 1.62 bits per heavy atom. The van der Waals surface area contributed by atoms with Gasteiger partial charge in [-0.15, -0.1) is 0 Å². The summed E-state index contributed by atoms with van der Waals surface area (Å²) in [5.41, 5.74) is 0.883. The van der Waals surface area contributed by atoms with Crippen LogP contribution in [0.4, 0.5) is 0 Å². The minimum atomic E-state index is -3.29. The van der Waals surface area contributed by atoms with Gasteiger partial charge in [0.1, 0.15) is 0 Å². The zero-order valence-corrected chi connectivity index (χ0v) is 13.0. The first-order valence-corrected chi connectivity index (χ1v) is 18.0. The standard InChI is InChI=1S/C7H6Cl.4ClH.Sn/c1-6-4-2-3-5-7(6)8;;;;;/h2-5H,1H2;4*1H;/q;;;;;+4/p-4. The van der Waals surface area contributed by atoms with Crippen molar-refractivity contribution in [3.8, 4) is 0 Å². The van der Waals surface area contributed by atoms with E-state index in [0.717, 1.165) is 10.6 Å².